The van der Waals surface area contributed by atoms with E-state index in [0.717, 1.165) is 17.9 Å². The predicted octanol–water partition coefficient (Wildman–Crippen LogP) is 1.20. The first-order valence-electron chi connectivity index (χ1n) is 6.98. The van der Waals surface area contributed by atoms with Gasteiger partial charge in [0.25, 0.3) is 0 Å². The van der Waals surface area contributed by atoms with E-state index in [1.165, 1.54) is 0 Å². The fraction of sp³-hybridized carbons (Fsp3) is 0.533. The Bertz CT molecular complexity index is 450. The summed E-state index contributed by atoms with van der Waals surface area (Å²) in [5, 5.41) is 3.43. The van der Waals surface area contributed by atoms with E-state index in [-0.39, 0.29) is 18.6 Å². The summed E-state index contributed by atoms with van der Waals surface area (Å²) in [5.41, 5.74) is 1.08. The Balaban J connectivity index is 2.15. The third kappa shape index (κ3) is 3.49. The molecule has 5 heteroatoms. The zero-order valence-electron chi connectivity index (χ0n) is 12.1. The maximum atomic E-state index is 11.9. The van der Waals surface area contributed by atoms with Crippen molar-refractivity contribution < 1.29 is 14.3 Å². The van der Waals surface area contributed by atoms with Gasteiger partial charge in [-0.05, 0) is 12.6 Å². The van der Waals surface area contributed by atoms with E-state index in [0.29, 0.717) is 19.7 Å². The van der Waals surface area contributed by atoms with Crippen LogP contribution in [0.1, 0.15) is 18.5 Å². The van der Waals surface area contributed by atoms with Crippen LogP contribution in [0.15, 0.2) is 24.3 Å². The Hall–Kier alpha value is -1.59. The van der Waals surface area contributed by atoms with Crippen molar-refractivity contribution in [2.75, 3.05) is 40.0 Å². The molecule has 0 bridgehead atoms. The summed E-state index contributed by atoms with van der Waals surface area (Å²) in [6.07, 6.45) is 0. The lowest BCUT2D eigenvalue weighted by Gasteiger charge is -2.31. The Labute approximate surface area is 119 Å². The minimum absolute atomic E-state index is 0.0500. The maximum absolute atomic E-state index is 11.9. The molecule has 5 nitrogen and oxygen atoms in total. The molecule has 20 heavy (non-hydrogen) atoms. The summed E-state index contributed by atoms with van der Waals surface area (Å²) in [5.74, 6) is 0.896. The summed E-state index contributed by atoms with van der Waals surface area (Å²) in [6.45, 7) is 4.97. The van der Waals surface area contributed by atoms with Crippen molar-refractivity contribution in [3.05, 3.63) is 29.8 Å². The molecule has 1 atom stereocenters. The zero-order chi connectivity index (χ0) is 14.4. The third-order valence-electron chi connectivity index (χ3n) is 3.45. The Kier molecular flexibility index (Phi) is 5.38. The molecule has 2 rings (SSSR count). The number of ether oxygens (including phenoxy) is 2. The molecular formula is C15H22N2O3. The topological polar surface area (TPSA) is 50.8 Å². The van der Waals surface area contributed by atoms with Crippen LogP contribution in [0, 0.1) is 0 Å². The number of nitrogens with one attached hydrogen (secondary N) is 1. The molecule has 1 aliphatic heterocycles. The second kappa shape index (κ2) is 7.26. The molecule has 0 aromatic heterocycles. The number of rotatable bonds is 6. The number of carbonyl (C=O) groups is 1. The molecule has 1 aromatic carbocycles. The highest BCUT2D eigenvalue weighted by Crippen LogP contribution is 2.25. The van der Waals surface area contributed by atoms with E-state index in [9.17, 15) is 4.79 Å². The Morgan fingerprint density at radius 3 is 2.95 bits per heavy atom. The summed E-state index contributed by atoms with van der Waals surface area (Å²) < 4.78 is 10.6. The van der Waals surface area contributed by atoms with E-state index in [4.69, 9.17) is 9.47 Å². The van der Waals surface area contributed by atoms with Crippen LogP contribution >= 0.6 is 0 Å². The van der Waals surface area contributed by atoms with Gasteiger partial charge in [0.2, 0.25) is 5.91 Å². The number of methoxy groups -OCH3 is 1. The van der Waals surface area contributed by atoms with Gasteiger partial charge in [-0.25, -0.2) is 0 Å². The molecule has 0 spiro atoms. The first-order chi connectivity index (χ1) is 9.76. The molecule has 0 radical (unpaired) electrons. The molecule has 110 valence electrons. The Morgan fingerprint density at radius 1 is 1.45 bits per heavy atom. The van der Waals surface area contributed by atoms with Crippen LogP contribution in [0.25, 0.3) is 0 Å². The van der Waals surface area contributed by atoms with E-state index in [2.05, 4.69) is 12.2 Å². The highest BCUT2D eigenvalue weighted by atomic mass is 16.5. The SMILES string of the molecule is CCNC(CN1CCOCC1=O)c1ccccc1OC. The van der Waals surface area contributed by atoms with Crippen molar-refractivity contribution in [3.8, 4) is 5.75 Å². The second-order valence-electron chi connectivity index (χ2n) is 4.74. The highest BCUT2D eigenvalue weighted by Gasteiger charge is 2.24. The van der Waals surface area contributed by atoms with Gasteiger partial charge in [0.1, 0.15) is 12.4 Å². The first-order valence-corrected chi connectivity index (χ1v) is 6.98. The van der Waals surface area contributed by atoms with Crippen molar-refractivity contribution in [1.82, 2.24) is 10.2 Å². The summed E-state index contributed by atoms with van der Waals surface area (Å²) in [7, 11) is 1.67. The van der Waals surface area contributed by atoms with Gasteiger partial charge in [-0.15, -0.1) is 0 Å². The van der Waals surface area contributed by atoms with Crippen molar-refractivity contribution >= 4 is 5.91 Å². The average Bonchev–Trinajstić information content (AvgIpc) is 2.49. The Morgan fingerprint density at radius 2 is 2.25 bits per heavy atom. The van der Waals surface area contributed by atoms with Crippen molar-refractivity contribution in [2.45, 2.75) is 13.0 Å². The molecule has 1 aromatic rings. The third-order valence-corrected chi connectivity index (χ3v) is 3.45. The van der Waals surface area contributed by atoms with Crippen LogP contribution in [0.4, 0.5) is 0 Å². The number of morpholine rings is 1. The lowest BCUT2D eigenvalue weighted by Crippen LogP contribution is -2.45. The van der Waals surface area contributed by atoms with Crippen LogP contribution in [0.5, 0.6) is 5.75 Å². The van der Waals surface area contributed by atoms with Gasteiger partial charge in [0.05, 0.1) is 19.8 Å². The van der Waals surface area contributed by atoms with Gasteiger partial charge < -0.3 is 19.7 Å². The molecule has 1 N–H and O–H groups in total. The maximum Gasteiger partial charge on any atom is 0.248 e. The fourth-order valence-corrected chi connectivity index (χ4v) is 2.44. The van der Waals surface area contributed by atoms with Gasteiger partial charge in [-0.2, -0.15) is 0 Å². The monoisotopic (exact) mass is 278 g/mol. The minimum Gasteiger partial charge on any atom is -0.496 e. The van der Waals surface area contributed by atoms with Crippen molar-refractivity contribution in [3.63, 3.8) is 0 Å². The highest BCUT2D eigenvalue weighted by molar-refractivity contribution is 5.78. The van der Waals surface area contributed by atoms with E-state index >= 15 is 0 Å². The van der Waals surface area contributed by atoms with Crippen LogP contribution in [-0.4, -0.2) is 50.8 Å². The van der Waals surface area contributed by atoms with Gasteiger partial charge in [-0.3, -0.25) is 4.79 Å². The fourth-order valence-electron chi connectivity index (χ4n) is 2.44. The quantitative estimate of drug-likeness (QED) is 0.849. The number of para-hydroxylation sites is 1. The number of carbonyl (C=O) groups excluding carboxylic acids is 1. The van der Waals surface area contributed by atoms with Crippen molar-refractivity contribution in [2.24, 2.45) is 0 Å². The molecule has 1 aliphatic rings. The number of nitrogens with zero attached hydrogens (tertiary/aromatic N) is 1. The van der Waals surface area contributed by atoms with Gasteiger partial charge >= 0.3 is 0 Å². The predicted molar refractivity (Wildman–Crippen MR) is 76.8 cm³/mol. The molecule has 0 aliphatic carbocycles. The molecule has 1 unspecified atom stereocenters. The second-order valence-corrected chi connectivity index (χ2v) is 4.74. The lowest BCUT2D eigenvalue weighted by atomic mass is 10.0. The molecule has 0 saturated carbocycles. The summed E-state index contributed by atoms with van der Waals surface area (Å²) in [6, 6.07) is 7.99. The molecule has 1 amide bonds. The zero-order valence-corrected chi connectivity index (χ0v) is 12.1. The van der Waals surface area contributed by atoms with E-state index < -0.39 is 0 Å². The number of hydrogen-bond donors (Lipinski definition) is 1. The van der Waals surface area contributed by atoms with E-state index in [1.807, 2.05) is 29.2 Å². The average molecular weight is 278 g/mol. The van der Waals surface area contributed by atoms with Crippen LogP contribution < -0.4 is 10.1 Å². The summed E-state index contributed by atoms with van der Waals surface area (Å²) in [4.78, 5) is 13.7. The van der Waals surface area contributed by atoms with Gasteiger partial charge in [0, 0.05) is 18.7 Å². The van der Waals surface area contributed by atoms with Gasteiger partial charge in [-0.1, -0.05) is 25.1 Å². The standard InChI is InChI=1S/C15H22N2O3/c1-3-16-13(10-17-8-9-20-11-15(17)18)12-6-4-5-7-14(12)19-2/h4-7,13,16H,3,8-11H2,1-2H3. The number of amides is 1. The minimum atomic E-state index is 0.0500. The molecular weight excluding hydrogens is 256 g/mol. The van der Waals surface area contributed by atoms with Crippen LogP contribution in [0.3, 0.4) is 0 Å². The van der Waals surface area contributed by atoms with Crippen molar-refractivity contribution in [1.29, 1.82) is 0 Å². The summed E-state index contributed by atoms with van der Waals surface area (Å²) >= 11 is 0. The smallest absolute Gasteiger partial charge is 0.248 e. The van der Waals surface area contributed by atoms with Crippen LogP contribution in [0.2, 0.25) is 0 Å². The largest absolute Gasteiger partial charge is 0.496 e. The van der Waals surface area contributed by atoms with Gasteiger partial charge in [0.15, 0.2) is 0 Å². The van der Waals surface area contributed by atoms with Crippen LogP contribution in [-0.2, 0) is 9.53 Å². The normalized spacial score (nSPS) is 17.1. The number of benzene rings is 1. The number of likely N-dealkylation sites (N-methyl/N-ethyl adjacent to an activating group) is 1. The first kappa shape index (κ1) is 14.8. The lowest BCUT2D eigenvalue weighted by molar-refractivity contribution is -0.143. The number of hydrogen-bond acceptors (Lipinski definition) is 4. The molecule has 1 fully saturated rings. The molecule has 1 heterocycles. The van der Waals surface area contributed by atoms with E-state index in [1.54, 1.807) is 7.11 Å². The molecule has 1 saturated heterocycles.